The van der Waals surface area contributed by atoms with Crippen molar-refractivity contribution < 1.29 is 0 Å². The Bertz CT molecular complexity index is 355. The van der Waals surface area contributed by atoms with Crippen molar-refractivity contribution in [2.45, 2.75) is 58.3 Å². The molecule has 0 spiro atoms. The van der Waals surface area contributed by atoms with Gasteiger partial charge in [0.1, 0.15) is 0 Å². The molecule has 19 heavy (non-hydrogen) atoms. The molecule has 1 rings (SSSR count). The maximum Gasteiger partial charge on any atom is 0.0568 e. The number of hydrogen-bond donors (Lipinski definition) is 1. The van der Waals surface area contributed by atoms with Crippen molar-refractivity contribution >= 4 is 33.2 Å². The van der Waals surface area contributed by atoms with Crippen LogP contribution in [0.15, 0.2) is 22.7 Å². The quantitative estimate of drug-likeness (QED) is 0.467. The van der Waals surface area contributed by atoms with Crippen LogP contribution in [0.5, 0.6) is 0 Å². The second kappa shape index (κ2) is 10.6. The van der Waals surface area contributed by atoms with Gasteiger partial charge in [0.2, 0.25) is 0 Å². The molecule has 0 aromatic heterocycles. The Hall–Kier alpha value is -0.210. The van der Waals surface area contributed by atoms with E-state index < -0.39 is 0 Å². The summed E-state index contributed by atoms with van der Waals surface area (Å²) in [6, 6.07) is 6.01. The van der Waals surface area contributed by atoms with Gasteiger partial charge in [0.15, 0.2) is 0 Å². The molecule has 0 saturated carbocycles. The molecule has 0 bridgehead atoms. The lowest BCUT2D eigenvalue weighted by atomic mass is 10.1. The third kappa shape index (κ3) is 7.84. The number of hydrogen-bond acceptors (Lipinski definition) is 1. The van der Waals surface area contributed by atoms with Crippen molar-refractivity contribution in [2.24, 2.45) is 0 Å². The lowest BCUT2D eigenvalue weighted by molar-refractivity contribution is 0.581. The zero-order valence-electron chi connectivity index (χ0n) is 11.9. The minimum atomic E-state index is 0.765. The molecule has 3 heteroatoms. The average molecular weight is 347 g/mol. The van der Waals surface area contributed by atoms with Gasteiger partial charge in [-0.1, -0.05) is 63.5 Å². The van der Waals surface area contributed by atoms with Gasteiger partial charge in [-0.25, -0.2) is 0 Å². The molecule has 0 aliphatic carbocycles. The molecule has 0 unspecified atom stereocenters. The highest BCUT2D eigenvalue weighted by Crippen LogP contribution is 2.25. The summed E-state index contributed by atoms with van der Waals surface area (Å²) in [5.74, 6) is 0. The second-order valence-corrected chi connectivity index (χ2v) is 6.29. The Kier molecular flexibility index (Phi) is 9.36. The summed E-state index contributed by atoms with van der Waals surface area (Å²) in [5.41, 5.74) is 1.11. The topological polar surface area (TPSA) is 12.0 Å². The SMILES string of the molecule is CCCCCCCCCCNc1ccc(Br)c(Cl)c1. The summed E-state index contributed by atoms with van der Waals surface area (Å²) >= 11 is 9.45. The highest BCUT2D eigenvalue weighted by Gasteiger charge is 1.98. The number of benzene rings is 1. The van der Waals surface area contributed by atoms with Crippen molar-refractivity contribution in [1.82, 2.24) is 0 Å². The fourth-order valence-electron chi connectivity index (χ4n) is 2.10. The second-order valence-electron chi connectivity index (χ2n) is 5.03. The molecule has 0 heterocycles. The van der Waals surface area contributed by atoms with Crippen LogP contribution in [0.1, 0.15) is 58.3 Å². The fourth-order valence-corrected chi connectivity index (χ4v) is 2.52. The first-order valence-electron chi connectivity index (χ1n) is 7.43. The number of anilines is 1. The Balaban J connectivity index is 2.00. The van der Waals surface area contributed by atoms with E-state index in [9.17, 15) is 0 Å². The van der Waals surface area contributed by atoms with Crippen LogP contribution in [0.4, 0.5) is 5.69 Å². The van der Waals surface area contributed by atoms with Gasteiger partial charge in [-0.3, -0.25) is 0 Å². The molecular weight excluding hydrogens is 322 g/mol. The monoisotopic (exact) mass is 345 g/mol. The zero-order chi connectivity index (χ0) is 13.9. The van der Waals surface area contributed by atoms with E-state index in [1.807, 2.05) is 12.1 Å². The molecule has 0 aliphatic heterocycles. The zero-order valence-corrected chi connectivity index (χ0v) is 14.2. The molecule has 0 radical (unpaired) electrons. The van der Waals surface area contributed by atoms with Gasteiger partial charge in [-0.15, -0.1) is 0 Å². The Morgan fingerprint density at radius 3 is 2.26 bits per heavy atom. The molecule has 108 valence electrons. The Morgan fingerprint density at radius 1 is 1.00 bits per heavy atom. The number of nitrogens with one attached hydrogen (secondary N) is 1. The predicted molar refractivity (Wildman–Crippen MR) is 90.3 cm³/mol. The van der Waals surface area contributed by atoms with Gasteiger partial charge in [-0.2, -0.15) is 0 Å². The molecule has 1 N–H and O–H groups in total. The standard InChI is InChI=1S/C16H25BrClN/c1-2-3-4-5-6-7-8-9-12-19-14-10-11-15(17)16(18)13-14/h10-11,13,19H,2-9,12H2,1H3. The van der Waals surface area contributed by atoms with E-state index in [4.69, 9.17) is 11.6 Å². The van der Waals surface area contributed by atoms with Crippen LogP contribution < -0.4 is 5.32 Å². The summed E-state index contributed by atoms with van der Waals surface area (Å²) in [5, 5.41) is 4.18. The largest absolute Gasteiger partial charge is 0.385 e. The predicted octanol–water partition coefficient (Wildman–Crippen LogP) is 6.66. The molecule has 0 amide bonds. The van der Waals surface area contributed by atoms with Crippen LogP contribution in [0.25, 0.3) is 0 Å². The van der Waals surface area contributed by atoms with Crippen molar-refractivity contribution in [3.8, 4) is 0 Å². The lowest BCUT2D eigenvalue weighted by Gasteiger charge is -2.07. The first-order chi connectivity index (χ1) is 9.24. The van der Waals surface area contributed by atoms with E-state index in [0.29, 0.717) is 0 Å². The fraction of sp³-hybridized carbons (Fsp3) is 0.625. The molecule has 0 atom stereocenters. The Labute approximate surface area is 131 Å². The van der Waals surface area contributed by atoms with Gasteiger partial charge >= 0.3 is 0 Å². The van der Waals surface area contributed by atoms with Crippen molar-refractivity contribution in [2.75, 3.05) is 11.9 Å². The van der Waals surface area contributed by atoms with E-state index in [-0.39, 0.29) is 0 Å². The summed E-state index contributed by atoms with van der Waals surface area (Å²) in [4.78, 5) is 0. The molecule has 0 fully saturated rings. The van der Waals surface area contributed by atoms with E-state index >= 15 is 0 Å². The summed E-state index contributed by atoms with van der Waals surface area (Å²) in [6.45, 7) is 3.30. The third-order valence-electron chi connectivity index (χ3n) is 3.28. The number of unbranched alkanes of at least 4 members (excludes halogenated alkanes) is 7. The van der Waals surface area contributed by atoms with Crippen LogP contribution in [-0.4, -0.2) is 6.54 Å². The number of halogens is 2. The minimum absolute atomic E-state index is 0.765. The normalized spacial score (nSPS) is 10.7. The van der Waals surface area contributed by atoms with Gasteiger partial charge < -0.3 is 5.32 Å². The van der Waals surface area contributed by atoms with E-state index in [2.05, 4.69) is 34.2 Å². The van der Waals surface area contributed by atoms with E-state index in [1.165, 1.54) is 51.4 Å². The average Bonchev–Trinajstić information content (AvgIpc) is 2.41. The Morgan fingerprint density at radius 2 is 1.63 bits per heavy atom. The van der Waals surface area contributed by atoms with Crippen LogP contribution in [0.3, 0.4) is 0 Å². The van der Waals surface area contributed by atoms with Crippen LogP contribution in [-0.2, 0) is 0 Å². The van der Waals surface area contributed by atoms with Gasteiger partial charge in [-0.05, 0) is 40.5 Å². The summed E-state index contributed by atoms with van der Waals surface area (Å²) in [7, 11) is 0. The minimum Gasteiger partial charge on any atom is -0.385 e. The van der Waals surface area contributed by atoms with Crippen LogP contribution in [0.2, 0.25) is 5.02 Å². The third-order valence-corrected chi connectivity index (χ3v) is 4.51. The first-order valence-corrected chi connectivity index (χ1v) is 8.60. The van der Waals surface area contributed by atoms with Crippen molar-refractivity contribution in [3.63, 3.8) is 0 Å². The molecular formula is C16H25BrClN. The molecule has 0 saturated heterocycles. The van der Waals surface area contributed by atoms with Gasteiger partial charge in [0.25, 0.3) is 0 Å². The molecule has 1 aromatic carbocycles. The maximum atomic E-state index is 6.05. The maximum absolute atomic E-state index is 6.05. The molecule has 1 aromatic rings. The molecule has 0 aliphatic rings. The van der Waals surface area contributed by atoms with Gasteiger partial charge in [0.05, 0.1) is 5.02 Å². The highest BCUT2D eigenvalue weighted by atomic mass is 79.9. The van der Waals surface area contributed by atoms with Crippen molar-refractivity contribution in [3.05, 3.63) is 27.7 Å². The number of rotatable bonds is 10. The smallest absolute Gasteiger partial charge is 0.0568 e. The van der Waals surface area contributed by atoms with Crippen LogP contribution in [0, 0.1) is 0 Å². The van der Waals surface area contributed by atoms with Gasteiger partial charge in [0, 0.05) is 16.7 Å². The lowest BCUT2D eigenvalue weighted by Crippen LogP contribution is -2.01. The van der Waals surface area contributed by atoms with E-state index in [0.717, 1.165) is 21.7 Å². The van der Waals surface area contributed by atoms with E-state index in [1.54, 1.807) is 0 Å². The van der Waals surface area contributed by atoms with Crippen LogP contribution >= 0.6 is 27.5 Å². The van der Waals surface area contributed by atoms with Crippen molar-refractivity contribution in [1.29, 1.82) is 0 Å². The molecule has 1 nitrogen and oxygen atoms in total. The summed E-state index contributed by atoms with van der Waals surface area (Å²) < 4.78 is 0.951. The summed E-state index contributed by atoms with van der Waals surface area (Å²) in [6.07, 6.45) is 10.9. The first kappa shape index (κ1) is 16.8. The highest BCUT2D eigenvalue weighted by molar-refractivity contribution is 9.10.